The third-order valence-corrected chi connectivity index (χ3v) is 4.29. The normalized spacial score (nSPS) is 23.7. The largest absolute Gasteiger partial charge is 0.469 e. The van der Waals surface area contributed by atoms with Gasteiger partial charge in [-0.05, 0) is 24.6 Å². The predicted octanol–water partition coefficient (Wildman–Crippen LogP) is -0.696. The number of thiocarbonyl (C=S) groups is 1. The Morgan fingerprint density at radius 1 is 1.60 bits per heavy atom. The second-order valence-electron chi connectivity index (χ2n) is 3.51. The van der Waals surface area contributed by atoms with Crippen LogP contribution in [-0.2, 0) is 14.6 Å². The van der Waals surface area contributed by atoms with Crippen molar-refractivity contribution < 1.29 is 18.3 Å². The highest BCUT2D eigenvalue weighted by Crippen LogP contribution is 2.17. The molecule has 1 heterocycles. The van der Waals surface area contributed by atoms with Crippen LogP contribution in [-0.4, -0.2) is 50.0 Å². The summed E-state index contributed by atoms with van der Waals surface area (Å²) in [5.41, 5.74) is 0. The molecule has 0 amide bonds. The Hall–Kier alpha value is -0.400. The molecule has 1 aliphatic rings. The monoisotopic (exact) mass is 253 g/mol. The molecule has 0 unspecified atom stereocenters. The molecule has 1 saturated heterocycles. The first-order valence-electron chi connectivity index (χ1n) is 4.75. The average Bonchev–Trinajstić information content (AvgIpc) is 2.52. The smallest absolute Gasteiger partial charge is 0.256 e. The lowest BCUT2D eigenvalue weighted by Gasteiger charge is -2.11. The SMILES string of the molecule is O=S1(=O)CC[C@H](CNC(=S)OCCO)C1. The highest BCUT2D eigenvalue weighted by Gasteiger charge is 2.27. The van der Waals surface area contributed by atoms with Crippen molar-refractivity contribution in [2.75, 3.05) is 31.3 Å². The molecular weight excluding hydrogens is 238 g/mol. The Morgan fingerprint density at radius 3 is 2.87 bits per heavy atom. The highest BCUT2D eigenvalue weighted by atomic mass is 32.2. The zero-order valence-corrected chi connectivity index (χ0v) is 9.94. The highest BCUT2D eigenvalue weighted by molar-refractivity contribution is 7.91. The van der Waals surface area contributed by atoms with E-state index in [0.717, 1.165) is 0 Å². The molecule has 0 aromatic carbocycles. The number of ether oxygens (including phenoxy) is 1. The number of sulfone groups is 1. The van der Waals surface area contributed by atoms with Crippen molar-refractivity contribution >= 4 is 27.2 Å². The first kappa shape index (κ1) is 12.7. The lowest BCUT2D eigenvalue weighted by atomic mass is 10.1. The Kier molecular flexibility index (Phi) is 4.75. The summed E-state index contributed by atoms with van der Waals surface area (Å²) in [7, 11) is -2.82. The van der Waals surface area contributed by atoms with Crippen molar-refractivity contribution in [2.45, 2.75) is 6.42 Å². The van der Waals surface area contributed by atoms with Crippen LogP contribution in [0.3, 0.4) is 0 Å². The van der Waals surface area contributed by atoms with Gasteiger partial charge in [0.15, 0.2) is 9.84 Å². The summed E-state index contributed by atoms with van der Waals surface area (Å²) in [6, 6.07) is 0. The van der Waals surface area contributed by atoms with Crippen LogP contribution < -0.4 is 5.32 Å². The topological polar surface area (TPSA) is 75.6 Å². The van der Waals surface area contributed by atoms with E-state index in [2.05, 4.69) is 5.32 Å². The predicted molar refractivity (Wildman–Crippen MR) is 60.4 cm³/mol. The Bertz CT molecular complexity index is 315. The van der Waals surface area contributed by atoms with Gasteiger partial charge in [-0.2, -0.15) is 0 Å². The zero-order valence-electron chi connectivity index (χ0n) is 8.31. The van der Waals surface area contributed by atoms with Crippen molar-refractivity contribution in [3.05, 3.63) is 0 Å². The van der Waals surface area contributed by atoms with E-state index in [1.165, 1.54) is 0 Å². The molecule has 1 fully saturated rings. The molecule has 7 heteroatoms. The number of rotatable bonds is 4. The van der Waals surface area contributed by atoms with Crippen LogP contribution in [0, 0.1) is 5.92 Å². The van der Waals surface area contributed by atoms with Crippen molar-refractivity contribution in [3.8, 4) is 0 Å². The molecule has 0 saturated carbocycles. The number of nitrogens with one attached hydrogen (secondary N) is 1. The van der Waals surface area contributed by atoms with E-state index in [9.17, 15) is 8.42 Å². The van der Waals surface area contributed by atoms with Crippen LogP contribution in [0.4, 0.5) is 0 Å². The maximum absolute atomic E-state index is 11.1. The molecule has 0 bridgehead atoms. The van der Waals surface area contributed by atoms with Gasteiger partial charge >= 0.3 is 0 Å². The standard InChI is InChI=1S/C8H15NO4S2/c10-2-3-13-8(14)9-5-7-1-4-15(11,12)6-7/h7,10H,1-6H2,(H,9,14)/t7-/m1/s1. The maximum atomic E-state index is 11.1. The molecule has 0 spiro atoms. The second-order valence-corrected chi connectivity index (χ2v) is 6.11. The second kappa shape index (κ2) is 5.62. The molecule has 0 radical (unpaired) electrons. The quantitative estimate of drug-likeness (QED) is 0.646. The lowest BCUT2D eigenvalue weighted by molar-refractivity contribution is 0.191. The average molecular weight is 253 g/mol. The molecule has 88 valence electrons. The molecule has 1 atom stereocenters. The fourth-order valence-electron chi connectivity index (χ4n) is 1.45. The summed E-state index contributed by atoms with van der Waals surface area (Å²) in [5.74, 6) is 0.609. The van der Waals surface area contributed by atoms with Gasteiger partial charge < -0.3 is 15.2 Å². The van der Waals surface area contributed by atoms with Gasteiger partial charge in [0.25, 0.3) is 5.17 Å². The van der Waals surface area contributed by atoms with Gasteiger partial charge in [0.1, 0.15) is 6.61 Å². The van der Waals surface area contributed by atoms with E-state index in [4.69, 9.17) is 22.1 Å². The van der Waals surface area contributed by atoms with Crippen molar-refractivity contribution in [1.29, 1.82) is 0 Å². The molecule has 1 aliphatic heterocycles. The van der Waals surface area contributed by atoms with Crippen LogP contribution in [0.2, 0.25) is 0 Å². The minimum Gasteiger partial charge on any atom is -0.469 e. The molecule has 0 aromatic heterocycles. The summed E-state index contributed by atoms with van der Waals surface area (Å²) in [5, 5.41) is 11.5. The first-order valence-corrected chi connectivity index (χ1v) is 6.98. The molecule has 15 heavy (non-hydrogen) atoms. The third kappa shape index (κ3) is 4.76. The molecule has 2 N–H and O–H groups in total. The minimum atomic E-state index is -2.82. The van der Waals surface area contributed by atoms with E-state index >= 15 is 0 Å². The van der Waals surface area contributed by atoms with Gasteiger partial charge in [0.05, 0.1) is 18.1 Å². The van der Waals surface area contributed by atoms with Gasteiger partial charge in [-0.15, -0.1) is 0 Å². The van der Waals surface area contributed by atoms with E-state index in [1.54, 1.807) is 0 Å². The van der Waals surface area contributed by atoms with E-state index in [0.29, 0.717) is 13.0 Å². The van der Waals surface area contributed by atoms with Crippen LogP contribution in [0.25, 0.3) is 0 Å². The van der Waals surface area contributed by atoms with Gasteiger partial charge in [-0.1, -0.05) is 0 Å². The van der Waals surface area contributed by atoms with Crippen molar-refractivity contribution in [3.63, 3.8) is 0 Å². The van der Waals surface area contributed by atoms with Crippen LogP contribution >= 0.6 is 12.2 Å². The Labute approximate surface area is 94.7 Å². The Balaban J connectivity index is 2.18. The number of hydrogen-bond acceptors (Lipinski definition) is 5. The minimum absolute atomic E-state index is 0.0837. The van der Waals surface area contributed by atoms with Gasteiger partial charge in [0, 0.05) is 6.54 Å². The lowest BCUT2D eigenvalue weighted by Crippen LogP contribution is -2.30. The van der Waals surface area contributed by atoms with Crippen molar-refractivity contribution in [1.82, 2.24) is 5.32 Å². The van der Waals surface area contributed by atoms with E-state index in [-0.39, 0.29) is 35.8 Å². The van der Waals surface area contributed by atoms with E-state index < -0.39 is 9.84 Å². The molecule has 5 nitrogen and oxygen atoms in total. The molecule has 1 rings (SSSR count). The first-order chi connectivity index (χ1) is 7.03. The van der Waals surface area contributed by atoms with Crippen molar-refractivity contribution in [2.24, 2.45) is 5.92 Å². The van der Waals surface area contributed by atoms with Crippen LogP contribution in [0.5, 0.6) is 0 Å². The summed E-state index contributed by atoms with van der Waals surface area (Å²) in [6.07, 6.45) is 0.679. The fourth-order valence-corrected chi connectivity index (χ4v) is 3.48. The van der Waals surface area contributed by atoms with Gasteiger partial charge in [0.2, 0.25) is 0 Å². The third-order valence-electron chi connectivity index (χ3n) is 2.19. The molecule has 0 aromatic rings. The van der Waals surface area contributed by atoms with Crippen LogP contribution in [0.1, 0.15) is 6.42 Å². The molecular formula is C8H15NO4S2. The summed E-state index contributed by atoms with van der Waals surface area (Å²) in [6.45, 7) is 0.595. The zero-order chi connectivity index (χ0) is 11.3. The number of aliphatic hydroxyl groups is 1. The number of hydrogen-bond donors (Lipinski definition) is 2. The van der Waals surface area contributed by atoms with Gasteiger partial charge in [-0.25, -0.2) is 8.42 Å². The molecule has 0 aliphatic carbocycles. The maximum Gasteiger partial charge on any atom is 0.256 e. The number of aliphatic hydroxyl groups excluding tert-OH is 1. The summed E-state index contributed by atoms with van der Waals surface area (Å²) >= 11 is 4.82. The van der Waals surface area contributed by atoms with E-state index in [1.807, 2.05) is 0 Å². The van der Waals surface area contributed by atoms with Gasteiger partial charge in [-0.3, -0.25) is 0 Å². The fraction of sp³-hybridized carbons (Fsp3) is 0.875. The Morgan fingerprint density at radius 2 is 2.33 bits per heavy atom. The summed E-state index contributed by atoms with van der Waals surface area (Å²) < 4.78 is 27.2. The summed E-state index contributed by atoms with van der Waals surface area (Å²) in [4.78, 5) is 0. The van der Waals surface area contributed by atoms with Crippen LogP contribution in [0.15, 0.2) is 0 Å².